The number of para-hydroxylation sites is 2. The van der Waals surface area contributed by atoms with Crippen LogP contribution in [0.1, 0.15) is 0 Å². The summed E-state index contributed by atoms with van der Waals surface area (Å²) in [5.74, 6) is 0.226. The van der Waals surface area contributed by atoms with Crippen molar-refractivity contribution in [2.75, 3.05) is 17.7 Å². The molecule has 0 aliphatic carbocycles. The molecule has 88 valence electrons. The maximum absolute atomic E-state index is 11.5. The van der Waals surface area contributed by atoms with Crippen LogP contribution in [0.15, 0.2) is 36.7 Å². The highest BCUT2D eigenvalue weighted by molar-refractivity contribution is 5.91. The third kappa shape index (κ3) is 2.97. The Kier molecular flexibility index (Phi) is 3.25. The van der Waals surface area contributed by atoms with E-state index >= 15 is 0 Å². The molecule has 0 spiro atoms. The van der Waals surface area contributed by atoms with Gasteiger partial charge in [0.25, 0.3) is 5.91 Å². The number of carbonyl (C=O) groups excluding carboxylic acids is 1. The molecule has 2 rings (SSSR count). The number of carbonyl (C=O) groups is 1. The van der Waals surface area contributed by atoms with Gasteiger partial charge in [0.05, 0.1) is 17.6 Å². The molecule has 6 heteroatoms. The largest absolute Gasteiger partial charge is 0.482 e. The molecule has 1 amide bonds. The van der Waals surface area contributed by atoms with Gasteiger partial charge in [-0.15, -0.1) is 0 Å². The van der Waals surface area contributed by atoms with Crippen molar-refractivity contribution >= 4 is 17.3 Å². The van der Waals surface area contributed by atoms with Crippen LogP contribution in [0.5, 0.6) is 5.75 Å². The minimum atomic E-state index is -0.269. The predicted octanol–water partition coefficient (Wildman–Crippen LogP) is 1.01. The fraction of sp³-hybridized carbons (Fsp3) is 0.0909. The number of benzene rings is 1. The molecule has 1 heterocycles. The van der Waals surface area contributed by atoms with Gasteiger partial charge >= 0.3 is 0 Å². The van der Waals surface area contributed by atoms with E-state index in [1.165, 1.54) is 6.20 Å². The van der Waals surface area contributed by atoms with Crippen LogP contribution in [-0.4, -0.2) is 22.7 Å². The molecule has 2 aromatic rings. The van der Waals surface area contributed by atoms with Crippen molar-refractivity contribution in [3.05, 3.63) is 36.7 Å². The highest BCUT2D eigenvalue weighted by atomic mass is 16.5. The molecule has 4 N–H and O–H groups in total. The molecule has 0 aliphatic rings. The average Bonchev–Trinajstić information content (AvgIpc) is 2.81. The fourth-order valence-corrected chi connectivity index (χ4v) is 1.27. The van der Waals surface area contributed by atoms with E-state index in [4.69, 9.17) is 10.5 Å². The number of hydrogen-bond acceptors (Lipinski definition) is 4. The molecule has 1 aromatic heterocycles. The highest BCUT2D eigenvalue weighted by Crippen LogP contribution is 2.19. The van der Waals surface area contributed by atoms with Gasteiger partial charge in [-0.25, -0.2) is 0 Å². The van der Waals surface area contributed by atoms with Gasteiger partial charge in [-0.1, -0.05) is 12.1 Å². The van der Waals surface area contributed by atoms with E-state index in [2.05, 4.69) is 15.5 Å². The number of H-pyrrole nitrogens is 1. The fourth-order valence-electron chi connectivity index (χ4n) is 1.27. The van der Waals surface area contributed by atoms with Gasteiger partial charge in [0.15, 0.2) is 6.61 Å². The maximum Gasteiger partial charge on any atom is 0.262 e. The zero-order chi connectivity index (χ0) is 12.1. The summed E-state index contributed by atoms with van der Waals surface area (Å²) in [6, 6.07) is 7.01. The van der Waals surface area contributed by atoms with E-state index in [1.54, 1.807) is 30.5 Å². The first-order valence-corrected chi connectivity index (χ1v) is 5.01. The number of nitrogens with two attached hydrogens (primary N) is 1. The Hall–Kier alpha value is -2.50. The summed E-state index contributed by atoms with van der Waals surface area (Å²) >= 11 is 0. The van der Waals surface area contributed by atoms with Crippen molar-refractivity contribution in [3.63, 3.8) is 0 Å². The Balaban J connectivity index is 1.86. The minimum absolute atomic E-state index is 0.0978. The molecule has 1 aromatic carbocycles. The summed E-state index contributed by atoms with van der Waals surface area (Å²) in [4.78, 5) is 11.5. The number of nitrogens with one attached hydrogen (secondary N) is 2. The van der Waals surface area contributed by atoms with Gasteiger partial charge in [-0.3, -0.25) is 9.89 Å². The molecule has 0 radical (unpaired) electrons. The Morgan fingerprint density at radius 1 is 1.47 bits per heavy atom. The Morgan fingerprint density at radius 3 is 3.00 bits per heavy atom. The second-order valence-corrected chi connectivity index (χ2v) is 3.36. The molecular weight excluding hydrogens is 220 g/mol. The standard InChI is InChI=1S/C11H12N4O2/c12-9-3-1-2-4-10(9)17-7-11(16)15-8-5-13-14-6-8/h1-6H,7,12H2,(H,13,14)(H,15,16). The first kappa shape index (κ1) is 11.0. The van der Waals surface area contributed by atoms with Gasteiger partial charge in [-0.2, -0.15) is 5.10 Å². The average molecular weight is 232 g/mol. The number of nitrogens with zero attached hydrogens (tertiary/aromatic N) is 1. The molecule has 0 fully saturated rings. The Labute approximate surface area is 97.8 Å². The van der Waals surface area contributed by atoms with Gasteiger partial charge < -0.3 is 15.8 Å². The van der Waals surface area contributed by atoms with Crippen molar-refractivity contribution in [3.8, 4) is 5.75 Å². The van der Waals surface area contributed by atoms with Crippen LogP contribution in [0.4, 0.5) is 11.4 Å². The monoisotopic (exact) mass is 232 g/mol. The number of hydrogen-bond donors (Lipinski definition) is 3. The van der Waals surface area contributed by atoms with Gasteiger partial charge in [0.1, 0.15) is 5.75 Å². The first-order chi connectivity index (χ1) is 8.25. The SMILES string of the molecule is Nc1ccccc1OCC(=O)Nc1cn[nH]c1. The number of amides is 1. The second kappa shape index (κ2) is 5.02. The summed E-state index contributed by atoms with van der Waals surface area (Å²) in [7, 11) is 0. The van der Waals surface area contributed by atoms with E-state index in [9.17, 15) is 4.79 Å². The van der Waals surface area contributed by atoms with Crippen LogP contribution in [0.2, 0.25) is 0 Å². The van der Waals surface area contributed by atoms with Crippen molar-refractivity contribution in [2.24, 2.45) is 0 Å². The van der Waals surface area contributed by atoms with E-state index in [-0.39, 0.29) is 12.5 Å². The summed E-state index contributed by atoms with van der Waals surface area (Å²) in [6.07, 6.45) is 3.09. The summed E-state index contributed by atoms with van der Waals surface area (Å²) in [6.45, 7) is -0.0978. The summed E-state index contributed by atoms with van der Waals surface area (Å²) in [5.41, 5.74) is 6.77. The summed E-state index contributed by atoms with van der Waals surface area (Å²) < 4.78 is 5.28. The number of ether oxygens (including phenoxy) is 1. The Morgan fingerprint density at radius 2 is 2.29 bits per heavy atom. The smallest absolute Gasteiger partial charge is 0.262 e. The number of rotatable bonds is 4. The third-order valence-electron chi connectivity index (χ3n) is 2.06. The van der Waals surface area contributed by atoms with Crippen molar-refractivity contribution in [1.29, 1.82) is 0 Å². The van der Waals surface area contributed by atoms with E-state index in [0.29, 0.717) is 17.1 Å². The van der Waals surface area contributed by atoms with Gasteiger partial charge in [-0.05, 0) is 12.1 Å². The molecule has 0 saturated heterocycles. The normalized spacial score (nSPS) is 9.88. The minimum Gasteiger partial charge on any atom is -0.482 e. The van der Waals surface area contributed by atoms with Gasteiger partial charge in [0, 0.05) is 6.20 Å². The molecule has 0 unspecified atom stereocenters. The topological polar surface area (TPSA) is 93.0 Å². The maximum atomic E-state index is 11.5. The van der Waals surface area contributed by atoms with Crippen LogP contribution in [0, 0.1) is 0 Å². The van der Waals surface area contributed by atoms with Gasteiger partial charge in [0.2, 0.25) is 0 Å². The summed E-state index contributed by atoms with van der Waals surface area (Å²) in [5, 5.41) is 8.91. The van der Waals surface area contributed by atoms with Crippen LogP contribution in [0.3, 0.4) is 0 Å². The Bertz CT molecular complexity index is 496. The lowest BCUT2D eigenvalue weighted by Gasteiger charge is -2.07. The number of aromatic nitrogens is 2. The van der Waals surface area contributed by atoms with Crippen molar-refractivity contribution in [2.45, 2.75) is 0 Å². The first-order valence-electron chi connectivity index (χ1n) is 5.01. The van der Waals surface area contributed by atoms with Crippen LogP contribution in [0.25, 0.3) is 0 Å². The zero-order valence-electron chi connectivity index (χ0n) is 9.01. The predicted molar refractivity (Wildman–Crippen MR) is 63.6 cm³/mol. The lowest BCUT2D eigenvalue weighted by molar-refractivity contribution is -0.118. The molecule has 0 atom stereocenters. The van der Waals surface area contributed by atoms with Crippen molar-refractivity contribution in [1.82, 2.24) is 10.2 Å². The molecule has 17 heavy (non-hydrogen) atoms. The number of anilines is 2. The highest BCUT2D eigenvalue weighted by Gasteiger charge is 2.05. The molecule has 0 aliphatic heterocycles. The van der Waals surface area contributed by atoms with E-state index < -0.39 is 0 Å². The molecule has 0 saturated carbocycles. The third-order valence-corrected chi connectivity index (χ3v) is 2.06. The molecular formula is C11H12N4O2. The van der Waals surface area contributed by atoms with E-state index in [0.717, 1.165) is 0 Å². The van der Waals surface area contributed by atoms with E-state index in [1.807, 2.05) is 0 Å². The van der Waals surface area contributed by atoms with Crippen LogP contribution < -0.4 is 15.8 Å². The molecule has 0 bridgehead atoms. The number of aromatic amines is 1. The zero-order valence-corrected chi connectivity index (χ0v) is 9.01. The lowest BCUT2D eigenvalue weighted by Crippen LogP contribution is -2.20. The number of nitrogen functional groups attached to an aromatic ring is 1. The van der Waals surface area contributed by atoms with Crippen molar-refractivity contribution < 1.29 is 9.53 Å². The lowest BCUT2D eigenvalue weighted by atomic mass is 10.3. The second-order valence-electron chi connectivity index (χ2n) is 3.36. The van der Waals surface area contributed by atoms with Crippen LogP contribution in [-0.2, 0) is 4.79 Å². The quantitative estimate of drug-likeness (QED) is 0.686. The molecule has 6 nitrogen and oxygen atoms in total. The van der Waals surface area contributed by atoms with Crippen LogP contribution >= 0.6 is 0 Å².